The van der Waals surface area contributed by atoms with Gasteiger partial charge in [0.1, 0.15) is 0 Å². The molecule has 5 rings (SSSR count). The summed E-state index contributed by atoms with van der Waals surface area (Å²) < 4.78 is 7.83. The number of anilines is 1. The van der Waals surface area contributed by atoms with Crippen molar-refractivity contribution < 1.29 is 9.53 Å². The molecule has 2 aliphatic rings. The molecular weight excluding hydrogens is 496 g/mol. The summed E-state index contributed by atoms with van der Waals surface area (Å²) in [6.45, 7) is 10.2. The number of thioether (sulfide) groups is 1. The Morgan fingerprint density at radius 1 is 1.21 bits per heavy atom. The van der Waals surface area contributed by atoms with E-state index in [1.165, 1.54) is 37.4 Å². The van der Waals surface area contributed by atoms with Crippen LogP contribution in [0.15, 0.2) is 40.0 Å². The van der Waals surface area contributed by atoms with Crippen LogP contribution in [0, 0.1) is 19.8 Å². The number of amides is 1. The maximum absolute atomic E-state index is 13.2. The number of nitrogens with one attached hydrogen (secondary N) is 3. The molecule has 3 N–H and O–H groups in total. The Morgan fingerprint density at radius 2 is 1.92 bits per heavy atom. The second kappa shape index (κ2) is 10.9. The summed E-state index contributed by atoms with van der Waals surface area (Å²) in [6, 6.07) is 11.1. The Kier molecular flexibility index (Phi) is 7.76. The second-order valence-electron chi connectivity index (χ2n) is 11.5. The van der Waals surface area contributed by atoms with Crippen molar-refractivity contribution >= 4 is 34.3 Å². The fraction of sp³-hybridized carbons (Fsp3) is 0.533. The Hall–Kier alpha value is -2.55. The number of nitrogens with zero attached hydrogens (tertiary/aromatic N) is 1. The predicted molar refractivity (Wildman–Crippen MR) is 155 cm³/mol. The Labute approximate surface area is 229 Å². The van der Waals surface area contributed by atoms with E-state index in [1.54, 1.807) is 0 Å². The molecule has 1 aliphatic carbocycles. The molecule has 8 heteroatoms. The summed E-state index contributed by atoms with van der Waals surface area (Å²) >= 11 is 1.49. The number of para-hydroxylation sites is 1. The first-order valence-corrected chi connectivity index (χ1v) is 14.9. The Morgan fingerprint density at radius 3 is 2.58 bits per heavy atom. The third kappa shape index (κ3) is 5.31. The van der Waals surface area contributed by atoms with E-state index in [0.717, 1.165) is 46.1 Å². The third-order valence-corrected chi connectivity index (χ3v) is 9.27. The van der Waals surface area contributed by atoms with Gasteiger partial charge in [0.25, 0.3) is 5.56 Å². The number of aromatic nitrogens is 2. The van der Waals surface area contributed by atoms with Gasteiger partial charge < -0.3 is 24.9 Å². The molecular formula is C30H40N4O3S. The van der Waals surface area contributed by atoms with E-state index >= 15 is 0 Å². The van der Waals surface area contributed by atoms with Gasteiger partial charge in [-0.2, -0.15) is 0 Å². The lowest BCUT2D eigenvalue weighted by Gasteiger charge is -2.44. The van der Waals surface area contributed by atoms with Gasteiger partial charge in [-0.25, -0.2) is 0 Å². The molecule has 2 aromatic heterocycles. The average molecular weight is 537 g/mol. The fourth-order valence-electron chi connectivity index (χ4n) is 6.39. The number of hydrogen-bond acceptors (Lipinski definition) is 5. The smallest absolute Gasteiger partial charge is 0.252 e. The topological polar surface area (TPSA) is 88.2 Å². The highest BCUT2D eigenvalue weighted by molar-refractivity contribution is 7.98. The van der Waals surface area contributed by atoms with E-state index in [4.69, 9.17) is 4.74 Å². The number of H-pyrrole nitrogens is 1. The van der Waals surface area contributed by atoms with Crippen molar-refractivity contribution in [2.75, 3.05) is 24.8 Å². The van der Waals surface area contributed by atoms with Crippen molar-refractivity contribution in [3.05, 3.63) is 57.6 Å². The molecule has 0 unspecified atom stereocenters. The Bertz CT molecular complexity index is 1380. The molecule has 7 nitrogen and oxygen atoms in total. The summed E-state index contributed by atoms with van der Waals surface area (Å²) in [7, 11) is 0. The maximum atomic E-state index is 13.2. The normalized spacial score (nSPS) is 21.7. The molecule has 204 valence electrons. The molecule has 1 atom stereocenters. The SMILES string of the molecule is CSc1cc(C)[nH]c(=O)c1CC(=O)Nc1c(C)n([C@H](C)C2CCC(NC3(C)COC3)CC2)c2ccccc12. The third-order valence-electron chi connectivity index (χ3n) is 8.46. The zero-order chi connectivity index (χ0) is 27.0. The van der Waals surface area contributed by atoms with Crippen LogP contribution >= 0.6 is 11.8 Å². The number of hydrogen-bond donors (Lipinski definition) is 3. The standard InChI is InChI=1S/C30H40N4O3S/c1-18-14-26(38-5)24(29(36)31-18)15-27(35)32-28-20(3)34(25-9-7-6-8-23(25)28)19(2)21-10-12-22(13-11-21)33-30(4)16-37-17-30/h6-9,14,19,21-22,33H,10-13,15-17H2,1-5H3,(H,31,36)(H,32,35)/t19-,21?,22?/m1/s1. The van der Waals surface area contributed by atoms with Gasteiger partial charge in [0, 0.05) is 39.3 Å². The van der Waals surface area contributed by atoms with Crippen LogP contribution in [0.1, 0.15) is 62.5 Å². The van der Waals surface area contributed by atoms with Crippen molar-refractivity contribution in [2.45, 2.75) is 82.3 Å². The highest BCUT2D eigenvalue weighted by atomic mass is 32.2. The van der Waals surface area contributed by atoms with Crippen molar-refractivity contribution in [3.63, 3.8) is 0 Å². The quantitative estimate of drug-likeness (QED) is 0.338. The first-order chi connectivity index (χ1) is 18.2. The number of pyridine rings is 1. The number of ether oxygens (including phenoxy) is 1. The fourth-order valence-corrected chi connectivity index (χ4v) is 7.10. The molecule has 0 bridgehead atoms. The van der Waals surface area contributed by atoms with Crippen molar-refractivity contribution in [1.29, 1.82) is 0 Å². The number of benzene rings is 1. The Balaban J connectivity index is 1.35. The van der Waals surface area contributed by atoms with Crippen LogP contribution in [-0.2, 0) is 16.0 Å². The van der Waals surface area contributed by atoms with Gasteiger partial charge >= 0.3 is 0 Å². The average Bonchev–Trinajstić information content (AvgIpc) is 3.15. The summed E-state index contributed by atoms with van der Waals surface area (Å²) in [5, 5.41) is 8.05. The van der Waals surface area contributed by atoms with Crippen LogP contribution in [-0.4, -0.2) is 46.5 Å². The molecule has 0 spiro atoms. The van der Waals surface area contributed by atoms with E-state index in [2.05, 4.69) is 59.2 Å². The van der Waals surface area contributed by atoms with Crippen LogP contribution in [0.5, 0.6) is 0 Å². The van der Waals surface area contributed by atoms with Gasteiger partial charge in [0.15, 0.2) is 0 Å². The van der Waals surface area contributed by atoms with Crippen molar-refractivity contribution in [3.8, 4) is 0 Å². The number of carbonyl (C=O) groups excluding carboxylic acids is 1. The van der Waals surface area contributed by atoms with Gasteiger partial charge in [-0.1, -0.05) is 18.2 Å². The number of aryl methyl sites for hydroxylation is 1. The zero-order valence-corrected chi connectivity index (χ0v) is 24.0. The van der Waals surface area contributed by atoms with E-state index in [1.807, 2.05) is 25.3 Å². The molecule has 38 heavy (non-hydrogen) atoms. The molecule has 0 radical (unpaired) electrons. The minimum atomic E-state index is -0.193. The summed E-state index contributed by atoms with van der Waals surface area (Å²) in [5.74, 6) is 0.403. The van der Waals surface area contributed by atoms with Gasteiger partial charge in [0.05, 0.1) is 36.4 Å². The van der Waals surface area contributed by atoms with Crippen LogP contribution in [0.2, 0.25) is 0 Å². The van der Waals surface area contributed by atoms with E-state index in [9.17, 15) is 9.59 Å². The molecule has 1 aromatic carbocycles. The van der Waals surface area contributed by atoms with Crippen LogP contribution < -0.4 is 16.2 Å². The summed E-state index contributed by atoms with van der Waals surface area (Å²) in [4.78, 5) is 29.5. The highest BCUT2D eigenvalue weighted by Gasteiger charge is 2.37. The lowest BCUT2D eigenvalue weighted by Crippen LogP contribution is -2.61. The van der Waals surface area contributed by atoms with Gasteiger partial charge in [0.2, 0.25) is 5.91 Å². The van der Waals surface area contributed by atoms with E-state index in [0.29, 0.717) is 23.6 Å². The first kappa shape index (κ1) is 27.0. The molecule has 3 heterocycles. The lowest BCUT2D eigenvalue weighted by molar-refractivity contribution is -0.115. The number of fused-ring (bicyclic) bond motifs is 1. The van der Waals surface area contributed by atoms with E-state index < -0.39 is 0 Å². The second-order valence-corrected chi connectivity index (χ2v) is 12.3. The molecule has 1 amide bonds. The summed E-state index contributed by atoms with van der Waals surface area (Å²) in [5.41, 5.74) is 4.32. The molecule has 1 saturated heterocycles. The summed E-state index contributed by atoms with van der Waals surface area (Å²) in [6.07, 6.45) is 6.68. The maximum Gasteiger partial charge on any atom is 0.252 e. The minimum absolute atomic E-state index is 0.0429. The first-order valence-electron chi connectivity index (χ1n) is 13.7. The lowest BCUT2D eigenvalue weighted by atomic mass is 9.81. The molecule has 1 aliphatic heterocycles. The molecule has 2 fully saturated rings. The predicted octanol–water partition coefficient (Wildman–Crippen LogP) is 5.35. The van der Waals surface area contributed by atoms with Gasteiger partial charge in [-0.15, -0.1) is 11.8 Å². The van der Waals surface area contributed by atoms with Crippen molar-refractivity contribution in [2.24, 2.45) is 5.92 Å². The minimum Gasteiger partial charge on any atom is -0.377 e. The highest BCUT2D eigenvalue weighted by Crippen LogP contribution is 2.40. The van der Waals surface area contributed by atoms with Crippen LogP contribution in [0.4, 0.5) is 5.69 Å². The van der Waals surface area contributed by atoms with Gasteiger partial charge in [-0.05, 0) is 77.7 Å². The molecule has 1 saturated carbocycles. The largest absolute Gasteiger partial charge is 0.377 e. The molecule has 3 aromatic rings. The number of aromatic amines is 1. The monoisotopic (exact) mass is 536 g/mol. The van der Waals surface area contributed by atoms with E-state index in [-0.39, 0.29) is 23.4 Å². The van der Waals surface area contributed by atoms with Crippen molar-refractivity contribution in [1.82, 2.24) is 14.9 Å². The number of rotatable bonds is 8. The number of carbonyl (C=O) groups is 1. The van der Waals surface area contributed by atoms with Crippen LogP contribution in [0.25, 0.3) is 10.9 Å². The zero-order valence-electron chi connectivity index (χ0n) is 23.1. The van der Waals surface area contributed by atoms with Gasteiger partial charge in [-0.3, -0.25) is 9.59 Å². The van der Waals surface area contributed by atoms with Crippen LogP contribution in [0.3, 0.4) is 0 Å².